The molecule has 1 atom stereocenters. The summed E-state index contributed by atoms with van der Waals surface area (Å²) in [6.07, 6.45) is -8.49. The third kappa shape index (κ3) is 3.52. The van der Waals surface area contributed by atoms with Gasteiger partial charge in [-0.1, -0.05) is 20.8 Å². The number of allylic oxidation sites excluding steroid dienone is 1. The molecule has 9 heteroatoms. The highest BCUT2D eigenvalue weighted by Crippen LogP contribution is 2.49. The number of alkyl halides is 7. The molecular formula is C10H13F7O2. The van der Waals surface area contributed by atoms with E-state index in [4.69, 9.17) is 5.11 Å². The Hall–Kier alpha value is -0.990. The van der Waals surface area contributed by atoms with Crippen molar-refractivity contribution in [2.24, 2.45) is 5.41 Å². The Morgan fingerprint density at radius 2 is 1.32 bits per heavy atom. The summed E-state index contributed by atoms with van der Waals surface area (Å²) >= 11 is 0. The summed E-state index contributed by atoms with van der Waals surface area (Å²) < 4.78 is 86.5. The van der Waals surface area contributed by atoms with Gasteiger partial charge in [0.25, 0.3) is 0 Å². The van der Waals surface area contributed by atoms with Crippen LogP contribution in [-0.4, -0.2) is 34.3 Å². The zero-order valence-corrected chi connectivity index (χ0v) is 10.2. The molecule has 0 saturated carbocycles. The van der Waals surface area contributed by atoms with E-state index in [0.29, 0.717) is 0 Å². The lowest BCUT2D eigenvalue weighted by Crippen LogP contribution is -2.53. The van der Waals surface area contributed by atoms with Crippen LogP contribution in [0.5, 0.6) is 0 Å². The average molecular weight is 298 g/mol. The second-order valence-corrected chi connectivity index (χ2v) is 5.01. The van der Waals surface area contributed by atoms with Gasteiger partial charge in [0.05, 0.1) is 6.10 Å². The van der Waals surface area contributed by atoms with Crippen molar-refractivity contribution in [1.82, 2.24) is 0 Å². The van der Waals surface area contributed by atoms with Crippen molar-refractivity contribution in [3.63, 3.8) is 0 Å². The monoisotopic (exact) mass is 298 g/mol. The normalized spacial score (nSPS) is 17.5. The molecule has 0 spiro atoms. The minimum absolute atomic E-state index is 0.125. The van der Waals surface area contributed by atoms with Crippen LogP contribution in [0.25, 0.3) is 0 Å². The first-order valence-electron chi connectivity index (χ1n) is 4.97. The summed E-state index contributed by atoms with van der Waals surface area (Å²) in [6.45, 7) is 3.92. The number of aliphatic hydroxyl groups excluding tert-OH is 2. The second kappa shape index (κ2) is 4.84. The lowest BCUT2D eigenvalue weighted by Gasteiger charge is -2.29. The van der Waals surface area contributed by atoms with Crippen molar-refractivity contribution < 1.29 is 40.9 Å². The van der Waals surface area contributed by atoms with Crippen molar-refractivity contribution in [3.05, 3.63) is 11.8 Å². The van der Waals surface area contributed by atoms with Gasteiger partial charge in [-0.3, -0.25) is 0 Å². The zero-order chi connectivity index (χ0) is 15.9. The lowest BCUT2D eigenvalue weighted by molar-refractivity contribution is -0.349. The van der Waals surface area contributed by atoms with Crippen LogP contribution in [0.3, 0.4) is 0 Å². The standard InChI is InChI=1S/C10H13F7O2/c1-7(2,3)5(18)4-6(19)8(11,12)9(13,14)10(15,16)17/h4-5,18-19H,1-3H3/b6-4-. The fourth-order valence-electron chi connectivity index (χ4n) is 0.843. The Labute approximate surface area is 104 Å². The van der Waals surface area contributed by atoms with Gasteiger partial charge in [-0.15, -0.1) is 0 Å². The first-order chi connectivity index (χ1) is 8.05. The lowest BCUT2D eigenvalue weighted by atomic mass is 9.88. The molecule has 0 bridgehead atoms. The first-order valence-corrected chi connectivity index (χ1v) is 4.97. The van der Waals surface area contributed by atoms with E-state index in [2.05, 4.69) is 0 Å². The van der Waals surface area contributed by atoms with E-state index >= 15 is 0 Å². The molecule has 0 aliphatic carbocycles. The third-order valence-electron chi connectivity index (χ3n) is 2.28. The Kier molecular flexibility index (Phi) is 4.59. The fourth-order valence-corrected chi connectivity index (χ4v) is 0.843. The molecule has 1 unspecified atom stereocenters. The highest BCUT2D eigenvalue weighted by Gasteiger charge is 2.74. The molecule has 2 N–H and O–H groups in total. The van der Waals surface area contributed by atoms with E-state index in [-0.39, 0.29) is 6.08 Å². The smallest absolute Gasteiger partial charge is 0.460 e. The van der Waals surface area contributed by atoms with E-state index in [1.165, 1.54) is 20.8 Å². The van der Waals surface area contributed by atoms with Gasteiger partial charge in [0.1, 0.15) is 0 Å². The first kappa shape index (κ1) is 18.0. The Balaban J connectivity index is 5.51. The Morgan fingerprint density at radius 1 is 0.947 bits per heavy atom. The van der Waals surface area contributed by atoms with Crippen LogP contribution in [0.4, 0.5) is 30.7 Å². The fraction of sp³-hybridized carbons (Fsp3) is 0.800. The summed E-state index contributed by atoms with van der Waals surface area (Å²) in [5, 5.41) is 18.1. The third-order valence-corrected chi connectivity index (χ3v) is 2.28. The van der Waals surface area contributed by atoms with Gasteiger partial charge in [-0.2, -0.15) is 30.7 Å². The van der Waals surface area contributed by atoms with E-state index in [1.54, 1.807) is 0 Å². The number of rotatable bonds is 3. The van der Waals surface area contributed by atoms with Crippen LogP contribution >= 0.6 is 0 Å². The Morgan fingerprint density at radius 3 is 1.58 bits per heavy atom. The summed E-state index contributed by atoms with van der Waals surface area (Å²) in [7, 11) is 0. The highest BCUT2D eigenvalue weighted by atomic mass is 19.4. The van der Waals surface area contributed by atoms with E-state index < -0.39 is 35.3 Å². The van der Waals surface area contributed by atoms with Gasteiger partial charge in [0.2, 0.25) is 0 Å². The molecule has 2 nitrogen and oxygen atoms in total. The molecule has 0 saturated heterocycles. The van der Waals surface area contributed by atoms with Gasteiger partial charge in [0.15, 0.2) is 5.76 Å². The van der Waals surface area contributed by atoms with Gasteiger partial charge in [-0.25, -0.2) is 0 Å². The number of aliphatic hydroxyl groups is 2. The molecule has 0 aliphatic rings. The number of hydrogen-bond donors (Lipinski definition) is 2. The van der Waals surface area contributed by atoms with Crippen LogP contribution in [0.15, 0.2) is 11.8 Å². The maximum absolute atomic E-state index is 12.9. The summed E-state index contributed by atoms with van der Waals surface area (Å²) in [5.74, 6) is -14.8. The van der Waals surface area contributed by atoms with Crippen molar-refractivity contribution in [1.29, 1.82) is 0 Å². The minimum atomic E-state index is -6.54. The molecule has 0 aromatic heterocycles. The molecule has 0 heterocycles. The van der Waals surface area contributed by atoms with Crippen LogP contribution in [0, 0.1) is 5.41 Å². The summed E-state index contributed by atoms with van der Waals surface area (Å²) in [6, 6.07) is 0. The molecule has 0 aromatic rings. The largest absolute Gasteiger partial charge is 0.506 e. The van der Waals surface area contributed by atoms with Crippen LogP contribution < -0.4 is 0 Å². The quantitative estimate of drug-likeness (QED) is 0.616. The molecular weight excluding hydrogens is 285 g/mol. The van der Waals surface area contributed by atoms with Gasteiger partial charge in [-0.05, 0) is 11.5 Å². The second-order valence-electron chi connectivity index (χ2n) is 5.01. The van der Waals surface area contributed by atoms with Gasteiger partial charge >= 0.3 is 18.0 Å². The molecule has 0 aliphatic heterocycles. The number of halogens is 7. The minimum Gasteiger partial charge on any atom is -0.506 e. The van der Waals surface area contributed by atoms with Crippen LogP contribution in [-0.2, 0) is 0 Å². The van der Waals surface area contributed by atoms with Gasteiger partial charge < -0.3 is 10.2 Å². The molecule has 0 aromatic carbocycles. The average Bonchev–Trinajstić information content (AvgIpc) is 2.13. The predicted molar refractivity (Wildman–Crippen MR) is 52.1 cm³/mol. The number of hydrogen-bond acceptors (Lipinski definition) is 2. The molecule has 0 amide bonds. The molecule has 114 valence electrons. The topological polar surface area (TPSA) is 40.5 Å². The Bertz CT molecular complexity index is 352. The predicted octanol–water partition coefficient (Wildman–Crippen LogP) is 3.67. The van der Waals surface area contributed by atoms with Crippen molar-refractivity contribution in [2.75, 3.05) is 0 Å². The van der Waals surface area contributed by atoms with Crippen molar-refractivity contribution >= 4 is 0 Å². The van der Waals surface area contributed by atoms with Crippen LogP contribution in [0.2, 0.25) is 0 Å². The van der Waals surface area contributed by atoms with Crippen LogP contribution in [0.1, 0.15) is 20.8 Å². The molecule has 0 radical (unpaired) electrons. The van der Waals surface area contributed by atoms with Crippen molar-refractivity contribution in [2.45, 2.75) is 44.9 Å². The van der Waals surface area contributed by atoms with Gasteiger partial charge in [0, 0.05) is 0 Å². The van der Waals surface area contributed by atoms with E-state index in [9.17, 15) is 35.8 Å². The van der Waals surface area contributed by atoms with E-state index in [0.717, 1.165) is 0 Å². The summed E-state index contributed by atoms with van der Waals surface area (Å²) in [5.41, 5.74) is -1.13. The maximum atomic E-state index is 12.9. The molecule has 0 fully saturated rings. The SMILES string of the molecule is CC(C)(C)C(O)/C=C(\O)C(F)(F)C(F)(F)C(F)(F)F. The summed E-state index contributed by atoms with van der Waals surface area (Å²) in [4.78, 5) is 0. The highest BCUT2D eigenvalue weighted by molar-refractivity contribution is 5.14. The van der Waals surface area contributed by atoms with Crippen molar-refractivity contribution in [3.8, 4) is 0 Å². The van der Waals surface area contributed by atoms with E-state index in [1.807, 2.05) is 0 Å². The molecule has 19 heavy (non-hydrogen) atoms. The maximum Gasteiger partial charge on any atom is 0.460 e. The molecule has 0 rings (SSSR count). The zero-order valence-electron chi connectivity index (χ0n) is 10.2.